The molecule has 1 aliphatic heterocycles. The number of benzene rings is 2. The van der Waals surface area contributed by atoms with Crippen LogP contribution in [0.2, 0.25) is 0 Å². The van der Waals surface area contributed by atoms with Crippen LogP contribution >= 0.6 is 0 Å². The summed E-state index contributed by atoms with van der Waals surface area (Å²) < 4.78 is 0. The van der Waals surface area contributed by atoms with Gasteiger partial charge in [0.1, 0.15) is 0 Å². The number of likely N-dealkylation sites (tertiary alicyclic amines) is 1. The van der Waals surface area contributed by atoms with Crippen LogP contribution in [-0.2, 0) is 14.4 Å². The third kappa shape index (κ3) is 7.40. The van der Waals surface area contributed by atoms with Gasteiger partial charge >= 0.3 is 5.97 Å². The molecule has 0 unspecified atom stereocenters. The van der Waals surface area contributed by atoms with Crippen LogP contribution in [0.1, 0.15) is 31.4 Å². The molecule has 2 aromatic rings. The summed E-state index contributed by atoms with van der Waals surface area (Å²) >= 11 is 0. The smallest absolute Gasteiger partial charge is 0.328 e. The number of nitrogens with one attached hydrogen (secondary N) is 3. The van der Waals surface area contributed by atoms with Gasteiger partial charge in [-0.3, -0.25) is 14.5 Å². The lowest BCUT2D eigenvalue weighted by Crippen LogP contribution is -2.47. The molecule has 176 valence electrons. The minimum Gasteiger partial charge on any atom is -0.478 e. The molecule has 3 rings (SSSR count). The number of fused-ring (bicyclic) bond motifs is 1. The van der Waals surface area contributed by atoms with Gasteiger partial charge in [-0.05, 0) is 36.1 Å². The van der Waals surface area contributed by atoms with Crippen molar-refractivity contribution < 1.29 is 19.5 Å². The predicted octanol–water partition coefficient (Wildman–Crippen LogP) is 1.83. The Morgan fingerprint density at radius 2 is 1.73 bits per heavy atom. The lowest BCUT2D eigenvalue weighted by molar-refractivity contribution is -0.131. The number of carboxylic acids is 1. The molecule has 0 saturated carbocycles. The molecule has 1 fully saturated rings. The average Bonchev–Trinajstić information content (AvgIpc) is 2.83. The van der Waals surface area contributed by atoms with Crippen LogP contribution in [0.5, 0.6) is 0 Å². The van der Waals surface area contributed by atoms with Gasteiger partial charge in [-0.2, -0.15) is 0 Å². The lowest BCUT2D eigenvalue weighted by Gasteiger charge is -2.37. The van der Waals surface area contributed by atoms with Crippen molar-refractivity contribution in [2.75, 3.05) is 32.7 Å². The Morgan fingerprint density at radius 1 is 1.03 bits per heavy atom. The quantitative estimate of drug-likeness (QED) is 0.410. The highest BCUT2D eigenvalue weighted by atomic mass is 16.4. The molecule has 1 atom stereocenters. The molecule has 0 bridgehead atoms. The number of carboxylic acid groups (broad SMARTS) is 1. The van der Waals surface area contributed by atoms with E-state index in [-0.39, 0.29) is 37.5 Å². The second-order valence-electron chi connectivity index (χ2n) is 8.26. The highest BCUT2D eigenvalue weighted by Crippen LogP contribution is 2.29. The minimum atomic E-state index is -1.07. The number of hydrogen-bond acceptors (Lipinski definition) is 5. The SMILES string of the molecule is C[C@H](c1cccc2ccccc12)N1CCC(NCC(=O)NCC(=O)NC/C=C/C(=O)O)CC1. The number of piperidine rings is 1. The van der Waals surface area contributed by atoms with E-state index >= 15 is 0 Å². The Kier molecular flexibility index (Phi) is 8.97. The minimum absolute atomic E-state index is 0.106. The Bertz CT molecular complexity index is 994. The predicted molar refractivity (Wildman–Crippen MR) is 128 cm³/mol. The van der Waals surface area contributed by atoms with Gasteiger partial charge in [-0.1, -0.05) is 48.5 Å². The number of nitrogens with zero attached hydrogens (tertiary/aromatic N) is 1. The maximum absolute atomic E-state index is 12.0. The summed E-state index contributed by atoms with van der Waals surface area (Å²) in [5.41, 5.74) is 1.34. The number of amides is 2. The zero-order valence-electron chi connectivity index (χ0n) is 18.9. The molecule has 2 aromatic carbocycles. The van der Waals surface area contributed by atoms with Crippen molar-refractivity contribution in [3.63, 3.8) is 0 Å². The van der Waals surface area contributed by atoms with Crippen molar-refractivity contribution >= 4 is 28.6 Å². The maximum Gasteiger partial charge on any atom is 0.328 e. The zero-order chi connectivity index (χ0) is 23.6. The summed E-state index contributed by atoms with van der Waals surface area (Å²) in [5.74, 6) is -1.68. The highest BCUT2D eigenvalue weighted by molar-refractivity contribution is 5.86. The number of carbonyl (C=O) groups excluding carboxylic acids is 2. The molecule has 1 saturated heterocycles. The molecule has 8 nitrogen and oxygen atoms in total. The maximum atomic E-state index is 12.0. The second-order valence-corrected chi connectivity index (χ2v) is 8.26. The molecule has 0 aliphatic carbocycles. The molecule has 2 amide bonds. The van der Waals surface area contributed by atoms with Gasteiger partial charge in [-0.15, -0.1) is 0 Å². The van der Waals surface area contributed by atoms with Gasteiger partial charge in [0, 0.05) is 37.8 Å². The van der Waals surface area contributed by atoms with Crippen LogP contribution in [0.25, 0.3) is 10.8 Å². The molecule has 1 heterocycles. The average molecular weight is 453 g/mol. The Hall–Kier alpha value is -3.23. The van der Waals surface area contributed by atoms with E-state index in [4.69, 9.17) is 5.11 Å². The van der Waals surface area contributed by atoms with E-state index in [0.29, 0.717) is 6.04 Å². The van der Waals surface area contributed by atoms with E-state index in [1.54, 1.807) is 0 Å². The van der Waals surface area contributed by atoms with Crippen molar-refractivity contribution in [1.29, 1.82) is 0 Å². The molecule has 8 heteroatoms. The second kappa shape index (κ2) is 12.1. The van der Waals surface area contributed by atoms with Gasteiger partial charge in [0.05, 0.1) is 13.1 Å². The first-order valence-electron chi connectivity index (χ1n) is 11.3. The number of hydrogen-bond donors (Lipinski definition) is 4. The summed E-state index contributed by atoms with van der Waals surface area (Å²) in [5, 5.41) is 19.4. The van der Waals surface area contributed by atoms with E-state index < -0.39 is 5.97 Å². The van der Waals surface area contributed by atoms with E-state index in [0.717, 1.165) is 32.0 Å². The highest BCUT2D eigenvalue weighted by Gasteiger charge is 2.24. The number of aliphatic carboxylic acids is 1. The normalized spacial score (nSPS) is 16.0. The summed E-state index contributed by atoms with van der Waals surface area (Å²) in [4.78, 5) is 36.5. The van der Waals surface area contributed by atoms with Crippen molar-refractivity contribution in [3.8, 4) is 0 Å². The Balaban J connectivity index is 1.37. The third-order valence-corrected chi connectivity index (χ3v) is 6.03. The number of carbonyl (C=O) groups is 3. The van der Waals surface area contributed by atoms with Crippen molar-refractivity contribution in [2.45, 2.75) is 31.8 Å². The van der Waals surface area contributed by atoms with Gasteiger partial charge in [0.2, 0.25) is 11.8 Å². The third-order valence-electron chi connectivity index (χ3n) is 6.03. The largest absolute Gasteiger partial charge is 0.478 e. The Morgan fingerprint density at radius 3 is 2.48 bits per heavy atom. The summed E-state index contributed by atoms with van der Waals surface area (Å²) in [6.07, 6.45) is 4.20. The van der Waals surface area contributed by atoms with Gasteiger partial charge in [0.25, 0.3) is 0 Å². The standard InChI is InChI=1S/C25H32N4O4/c1-18(21-9-4-7-19-6-2-3-8-22(19)21)29-14-11-20(12-15-29)27-16-24(31)28-17-23(30)26-13-5-10-25(32)33/h2-10,18,20,27H,11-17H2,1H3,(H,26,30)(H,28,31)(H,32,33)/b10-5+/t18-/m1/s1. The van der Waals surface area contributed by atoms with Crippen molar-refractivity contribution in [2.24, 2.45) is 0 Å². The van der Waals surface area contributed by atoms with Gasteiger partial charge < -0.3 is 21.1 Å². The number of rotatable bonds is 10. The Labute approximate surface area is 194 Å². The zero-order valence-corrected chi connectivity index (χ0v) is 18.9. The first-order valence-corrected chi connectivity index (χ1v) is 11.3. The fourth-order valence-corrected chi connectivity index (χ4v) is 4.18. The molecular weight excluding hydrogens is 420 g/mol. The van der Waals surface area contributed by atoms with Crippen LogP contribution in [0, 0.1) is 0 Å². The van der Waals surface area contributed by atoms with E-state index in [2.05, 4.69) is 70.2 Å². The van der Waals surface area contributed by atoms with Crippen molar-refractivity contribution in [3.05, 3.63) is 60.2 Å². The fraction of sp³-hybridized carbons (Fsp3) is 0.400. The van der Waals surface area contributed by atoms with Crippen LogP contribution in [-0.4, -0.2) is 66.6 Å². The summed E-state index contributed by atoms with van der Waals surface area (Å²) in [6, 6.07) is 15.5. The monoisotopic (exact) mass is 452 g/mol. The van der Waals surface area contributed by atoms with Crippen LogP contribution in [0.4, 0.5) is 0 Å². The molecule has 33 heavy (non-hydrogen) atoms. The summed E-state index contributed by atoms with van der Waals surface area (Å²) in [7, 11) is 0. The van der Waals surface area contributed by atoms with Crippen LogP contribution in [0.3, 0.4) is 0 Å². The molecule has 1 aliphatic rings. The first-order chi connectivity index (χ1) is 15.9. The first kappa shape index (κ1) is 24.4. The van der Waals surface area contributed by atoms with Crippen molar-refractivity contribution in [1.82, 2.24) is 20.9 Å². The van der Waals surface area contributed by atoms with E-state index in [1.165, 1.54) is 22.4 Å². The molecular formula is C25H32N4O4. The van der Waals surface area contributed by atoms with Crippen LogP contribution < -0.4 is 16.0 Å². The molecule has 4 N–H and O–H groups in total. The lowest BCUT2D eigenvalue weighted by atomic mass is 9.96. The van der Waals surface area contributed by atoms with Gasteiger partial charge in [-0.25, -0.2) is 4.79 Å². The summed E-state index contributed by atoms with van der Waals surface area (Å²) in [6.45, 7) is 4.30. The van der Waals surface area contributed by atoms with E-state index in [9.17, 15) is 14.4 Å². The van der Waals surface area contributed by atoms with Gasteiger partial charge in [0.15, 0.2) is 0 Å². The molecule has 0 radical (unpaired) electrons. The molecule has 0 spiro atoms. The topological polar surface area (TPSA) is 111 Å². The molecule has 0 aromatic heterocycles. The fourth-order valence-electron chi connectivity index (χ4n) is 4.18. The van der Waals surface area contributed by atoms with Crippen LogP contribution in [0.15, 0.2) is 54.6 Å². The van der Waals surface area contributed by atoms with E-state index in [1.807, 2.05) is 0 Å².